The molecular formula is C45H38O4. The van der Waals surface area contributed by atoms with Crippen LogP contribution < -0.4 is 9.47 Å². The predicted octanol–water partition coefficient (Wildman–Crippen LogP) is 10.9. The van der Waals surface area contributed by atoms with Gasteiger partial charge >= 0.3 is 0 Å². The molecule has 2 aliphatic carbocycles. The molecule has 0 saturated heterocycles. The molecule has 6 aromatic carbocycles. The summed E-state index contributed by atoms with van der Waals surface area (Å²) in [7, 11) is 1.72. The molecule has 2 aliphatic rings. The minimum atomic E-state index is -0.127. The van der Waals surface area contributed by atoms with Crippen LogP contribution in [0.2, 0.25) is 0 Å². The van der Waals surface area contributed by atoms with E-state index in [9.17, 15) is 5.11 Å². The first-order valence-corrected chi connectivity index (χ1v) is 17.0. The topological polar surface area (TPSA) is 51.8 Å². The number of hydrogen-bond donors (Lipinski definition) is 1. The number of hydrogen-bond acceptors (Lipinski definition) is 4. The first-order chi connectivity index (χ1) is 23.7. The summed E-state index contributed by atoms with van der Waals surface area (Å²) in [6, 6.07) is 39.3. The van der Waals surface area contributed by atoms with Gasteiger partial charge in [-0.3, -0.25) is 0 Å². The third kappa shape index (κ3) is 4.27. The normalized spacial score (nSPS) is 14.8. The SMILES string of the molecule is COc1cc2oc3cc(OCCO)c(-c4ccc5c(c4)C(C)(C)c4ccccc4-5)cc3c2cc1-c1ccc2c(c1)C(C)(C)c1ccccc1-2. The van der Waals surface area contributed by atoms with Crippen LogP contribution in [0.15, 0.2) is 114 Å². The summed E-state index contributed by atoms with van der Waals surface area (Å²) in [6.45, 7) is 9.32. The van der Waals surface area contributed by atoms with Crippen LogP contribution in [0.3, 0.4) is 0 Å². The lowest BCUT2D eigenvalue weighted by molar-refractivity contribution is 0.202. The van der Waals surface area contributed by atoms with E-state index in [4.69, 9.17) is 13.9 Å². The second kappa shape index (κ2) is 10.6. The average molecular weight is 643 g/mol. The molecule has 242 valence electrons. The lowest BCUT2D eigenvalue weighted by Gasteiger charge is -2.22. The molecule has 0 bridgehead atoms. The Balaban J connectivity index is 1.22. The molecule has 49 heavy (non-hydrogen) atoms. The van der Waals surface area contributed by atoms with Crippen LogP contribution in [0.5, 0.6) is 11.5 Å². The third-order valence-corrected chi connectivity index (χ3v) is 11.0. The van der Waals surface area contributed by atoms with Crippen LogP contribution in [-0.4, -0.2) is 25.4 Å². The van der Waals surface area contributed by atoms with Gasteiger partial charge in [-0.25, -0.2) is 0 Å². The van der Waals surface area contributed by atoms with E-state index < -0.39 is 0 Å². The first kappa shape index (κ1) is 29.8. The molecule has 1 heterocycles. The Hall–Kier alpha value is -5.32. The predicted molar refractivity (Wildman–Crippen MR) is 199 cm³/mol. The number of rotatable bonds is 6. The smallest absolute Gasteiger partial charge is 0.139 e. The Bertz CT molecular complexity index is 2480. The number of benzene rings is 6. The van der Waals surface area contributed by atoms with Gasteiger partial charge in [0.25, 0.3) is 0 Å². The molecular weight excluding hydrogens is 604 g/mol. The fourth-order valence-electron chi connectivity index (χ4n) is 8.47. The Morgan fingerprint density at radius 2 is 1.00 bits per heavy atom. The summed E-state index contributed by atoms with van der Waals surface area (Å²) in [5.41, 5.74) is 15.9. The van der Waals surface area contributed by atoms with Gasteiger partial charge in [-0.1, -0.05) is 100 Å². The second-order valence-electron chi connectivity index (χ2n) is 14.4. The van der Waals surface area contributed by atoms with Crippen molar-refractivity contribution >= 4 is 21.9 Å². The first-order valence-electron chi connectivity index (χ1n) is 17.0. The average Bonchev–Trinajstić information content (AvgIpc) is 3.67. The zero-order valence-electron chi connectivity index (χ0n) is 28.5. The summed E-state index contributed by atoms with van der Waals surface area (Å²) >= 11 is 0. The zero-order chi connectivity index (χ0) is 33.7. The number of aliphatic hydroxyl groups is 1. The van der Waals surface area contributed by atoms with Crippen molar-refractivity contribution in [2.45, 2.75) is 38.5 Å². The molecule has 7 aromatic rings. The molecule has 0 amide bonds. The van der Waals surface area contributed by atoms with E-state index in [1.807, 2.05) is 12.1 Å². The fourth-order valence-corrected chi connectivity index (χ4v) is 8.47. The summed E-state index contributed by atoms with van der Waals surface area (Å²) in [5.74, 6) is 1.44. The van der Waals surface area contributed by atoms with Crippen LogP contribution in [0, 0.1) is 0 Å². The molecule has 0 atom stereocenters. The van der Waals surface area contributed by atoms with Crippen LogP contribution >= 0.6 is 0 Å². The van der Waals surface area contributed by atoms with Crippen molar-refractivity contribution in [1.29, 1.82) is 0 Å². The van der Waals surface area contributed by atoms with E-state index in [0.29, 0.717) is 5.75 Å². The van der Waals surface area contributed by atoms with Gasteiger partial charge in [0.05, 0.1) is 13.7 Å². The highest BCUT2D eigenvalue weighted by atomic mass is 16.5. The van der Waals surface area contributed by atoms with Gasteiger partial charge in [-0.05, 0) is 79.9 Å². The van der Waals surface area contributed by atoms with Gasteiger partial charge in [0.2, 0.25) is 0 Å². The Morgan fingerprint density at radius 1 is 0.531 bits per heavy atom. The Kier molecular flexibility index (Phi) is 6.44. The van der Waals surface area contributed by atoms with E-state index in [1.165, 1.54) is 44.5 Å². The van der Waals surface area contributed by atoms with Crippen molar-refractivity contribution in [2.24, 2.45) is 0 Å². The van der Waals surface area contributed by atoms with Crippen LogP contribution in [0.25, 0.3) is 66.4 Å². The van der Waals surface area contributed by atoms with Crippen molar-refractivity contribution < 1.29 is 19.0 Å². The number of furan rings is 1. The lowest BCUT2D eigenvalue weighted by Crippen LogP contribution is -2.14. The summed E-state index contributed by atoms with van der Waals surface area (Å²) < 4.78 is 18.6. The van der Waals surface area contributed by atoms with Crippen molar-refractivity contribution in [3.05, 3.63) is 131 Å². The van der Waals surface area contributed by atoms with Gasteiger partial charge in [0.1, 0.15) is 29.3 Å². The highest BCUT2D eigenvalue weighted by molar-refractivity contribution is 6.09. The summed E-state index contributed by atoms with van der Waals surface area (Å²) in [6.07, 6.45) is 0. The molecule has 4 nitrogen and oxygen atoms in total. The molecule has 0 saturated carbocycles. The minimum Gasteiger partial charge on any atom is -0.496 e. The van der Waals surface area contributed by atoms with Crippen LogP contribution in [0.4, 0.5) is 0 Å². The number of aliphatic hydroxyl groups excluding tert-OH is 1. The third-order valence-electron chi connectivity index (χ3n) is 11.0. The maximum atomic E-state index is 9.69. The van der Waals surface area contributed by atoms with E-state index in [0.717, 1.165) is 49.9 Å². The quantitative estimate of drug-likeness (QED) is 0.196. The standard InChI is InChI=1S/C45H38O4/c1-44(2)36-12-8-6-10-28(36)30-16-14-26(20-38(30)44)32-22-34-35-23-33(41(48-19-18-46)25-43(35)49-42(34)24-40(32)47-5)27-15-17-31-29-11-7-9-13-37(29)45(3,4)39(31)21-27/h6-17,20-25,46H,18-19H2,1-5H3. The molecule has 0 unspecified atom stereocenters. The number of methoxy groups -OCH3 is 1. The number of ether oxygens (including phenoxy) is 2. The molecule has 9 rings (SSSR count). The van der Waals surface area contributed by atoms with Crippen molar-refractivity contribution in [3.63, 3.8) is 0 Å². The van der Waals surface area contributed by atoms with Crippen molar-refractivity contribution in [2.75, 3.05) is 20.3 Å². The molecule has 1 aromatic heterocycles. The molecule has 0 aliphatic heterocycles. The molecule has 0 radical (unpaired) electrons. The van der Waals surface area contributed by atoms with Gasteiger partial charge in [0.15, 0.2) is 0 Å². The second-order valence-corrected chi connectivity index (χ2v) is 14.4. The van der Waals surface area contributed by atoms with E-state index in [2.05, 4.69) is 125 Å². The largest absolute Gasteiger partial charge is 0.496 e. The maximum Gasteiger partial charge on any atom is 0.139 e. The van der Waals surface area contributed by atoms with E-state index in [1.54, 1.807) is 7.11 Å². The highest BCUT2D eigenvalue weighted by Gasteiger charge is 2.36. The zero-order valence-corrected chi connectivity index (χ0v) is 28.5. The molecule has 0 spiro atoms. The molecule has 1 N–H and O–H groups in total. The van der Waals surface area contributed by atoms with E-state index in [-0.39, 0.29) is 24.0 Å². The van der Waals surface area contributed by atoms with Gasteiger partial charge in [-0.2, -0.15) is 0 Å². The van der Waals surface area contributed by atoms with Gasteiger partial charge < -0.3 is 19.0 Å². The lowest BCUT2D eigenvalue weighted by atomic mass is 9.81. The van der Waals surface area contributed by atoms with Gasteiger partial charge in [-0.15, -0.1) is 0 Å². The van der Waals surface area contributed by atoms with Crippen molar-refractivity contribution in [1.82, 2.24) is 0 Å². The van der Waals surface area contributed by atoms with Crippen LogP contribution in [0.1, 0.15) is 49.9 Å². The molecule has 0 fully saturated rings. The monoisotopic (exact) mass is 642 g/mol. The van der Waals surface area contributed by atoms with Crippen LogP contribution in [-0.2, 0) is 10.8 Å². The Morgan fingerprint density at radius 3 is 1.51 bits per heavy atom. The van der Waals surface area contributed by atoms with Gasteiger partial charge in [0, 0.05) is 44.9 Å². The fraction of sp³-hybridized carbons (Fsp3) is 0.200. The van der Waals surface area contributed by atoms with Crippen molar-refractivity contribution in [3.8, 4) is 56.0 Å². The maximum absolute atomic E-state index is 9.69. The minimum absolute atomic E-state index is 0.0760. The summed E-state index contributed by atoms with van der Waals surface area (Å²) in [4.78, 5) is 0. The van der Waals surface area contributed by atoms with E-state index >= 15 is 0 Å². The Labute approximate surface area is 286 Å². The highest BCUT2D eigenvalue weighted by Crippen LogP contribution is 2.52. The summed E-state index contributed by atoms with van der Waals surface area (Å²) in [5, 5.41) is 11.7. The number of fused-ring (bicyclic) bond motifs is 9. The molecule has 4 heteroatoms.